The number of amidine groups is 1. The lowest BCUT2D eigenvalue weighted by Crippen LogP contribution is -2.32. The maximum absolute atomic E-state index is 15.0. The summed E-state index contributed by atoms with van der Waals surface area (Å²) in [6.07, 6.45) is 3.81. The Kier molecular flexibility index (Phi) is 6.02. The number of nitrogens with two attached hydrogens (primary N) is 1. The van der Waals surface area contributed by atoms with Crippen molar-refractivity contribution in [1.82, 2.24) is 19.9 Å². The number of amides is 1. The van der Waals surface area contributed by atoms with Crippen molar-refractivity contribution in [2.24, 2.45) is 11.1 Å². The van der Waals surface area contributed by atoms with Crippen LogP contribution in [0, 0.1) is 16.6 Å². The number of aliphatic hydroxyl groups excluding tert-OH is 1. The predicted octanol–water partition coefficient (Wildman–Crippen LogP) is 3.84. The second-order valence-electron chi connectivity index (χ2n) is 7.77. The number of nitrogens with zero attached hydrogens (tertiary/aromatic N) is 3. The van der Waals surface area contributed by atoms with Crippen molar-refractivity contribution in [3.05, 3.63) is 60.1 Å². The van der Waals surface area contributed by atoms with Gasteiger partial charge in [-0.15, -0.1) is 0 Å². The lowest BCUT2D eigenvalue weighted by atomic mass is 9.93. The summed E-state index contributed by atoms with van der Waals surface area (Å²) in [7, 11) is 0. The molecule has 0 unspecified atom stereocenters. The molecule has 0 aliphatic carbocycles. The molecule has 0 saturated carbocycles. The second kappa shape index (κ2) is 8.52. The molecule has 0 aliphatic heterocycles. The van der Waals surface area contributed by atoms with Gasteiger partial charge in [-0.05, 0) is 18.2 Å². The molecule has 0 atom stereocenters. The van der Waals surface area contributed by atoms with Crippen LogP contribution in [0.4, 0.5) is 9.18 Å². The summed E-state index contributed by atoms with van der Waals surface area (Å²) in [5.41, 5.74) is 5.80. The molecular weight excluding hydrogens is 403 g/mol. The monoisotopic (exact) mass is 426 g/mol. The fourth-order valence-electron chi connectivity index (χ4n) is 2.64. The summed E-state index contributed by atoms with van der Waals surface area (Å²) in [5.74, 6) is -0.940. The highest BCUT2D eigenvalue weighted by Crippen LogP contribution is 2.30. The Balaban J connectivity index is 1.83. The van der Waals surface area contributed by atoms with Crippen LogP contribution < -0.4 is 15.8 Å². The summed E-state index contributed by atoms with van der Waals surface area (Å²) in [6.45, 7) is 5.51. The van der Waals surface area contributed by atoms with Gasteiger partial charge in [-0.2, -0.15) is 0 Å². The number of halogens is 1. The Hall–Kier alpha value is -3.79. The van der Waals surface area contributed by atoms with Crippen LogP contribution in [-0.2, 0) is 6.54 Å². The first-order chi connectivity index (χ1) is 14.6. The van der Waals surface area contributed by atoms with Gasteiger partial charge in [0.05, 0.1) is 11.2 Å². The molecule has 9 nitrogen and oxygen atoms in total. The fourth-order valence-corrected chi connectivity index (χ4v) is 2.64. The van der Waals surface area contributed by atoms with Crippen LogP contribution in [0.3, 0.4) is 0 Å². The first kappa shape index (κ1) is 21.9. The van der Waals surface area contributed by atoms with Crippen LogP contribution in [0.15, 0.2) is 48.6 Å². The molecule has 0 fully saturated rings. The van der Waals surface area contributed by atoms with Gasteiger partial charge in [-0.25, -0.2) is 19.2 Å². The van der Waals surface area contributed by atoms with Crippen molar-refractivity contribution in [3.8, 4) is 11.6 Å². The number of carbonyl (C=O) groups excluding carboxylic acids is 1. The minimum atomic E-state index is -0.672. The highest BCUT2D eigenvalue weighted by molar-refractivity contribution is 6.05. The van der Waals surface area contributed by atoms with Crippen molar-refractivity contribution >= 4 is 22.8 Å². The van der Waals surface area contributed by atoms with Gasteiger partial charge < -0.3 is 15.6 Å². The molecular formula is C21H23FN6O3. The molecule has 2 aromatic heterocycles. The molecule has 0 saturated heterocycles. The summed E-state index contributed by atoms with van der Waals surface area (Å²) in [4.78, 5) is 20.4. The Bertz CT molecular complexity index is 1180. The summed E-state index contributed by atoms with van der Waals surface area (Å²) in [5, 5.41) is 20.4. The van der Waals surface area contributed by atoms with Crippen LogP contribution in [0.1, 0.15) is 26.5 Å². The van der Waals surface area contributed by atoms with Crippen LogP contribution in [0.2, 0.25) is 0 Å². The van der Waals surface area contributed by atoms with Crippen molar-refractivity contribution in [2.45, 2.75) is 27.3 Å². The van der Waals surface area contributed by atoms with E-state index in [0.717, 1.165) is 10.6 Å². The number of hydrogen-bond donors (Lipinski definition) is 4. The first-order valence-corrected chi connectivity index (χ1v) is 9.39. The molecule has 3 aromatic rings. The van der Waals surface area contributed by atoms with Crippen LogP contribution in [0.5, 0.6) is 11.6 Å². The fraction of sp³-hybridized carbons (Fsp3) is 0.238. The molecule has 1 amide bonds. The SMILES string of the molecule is CC(C)(C)/C(O)=C/C(=N)NC(=O)n1ccc2c(F)c(Oc3cc(CN)ncn3)ccc21. The lowest BCUT2D eigenvalue weighted by molar-refractivity contribution is 0.247. The molecule has 0 radical (unpaired) electrons. The Morgan fingerprint density at radius 3 is 2.77 bits per heavy atom. The minimum absolute atomic E-state index is 0.0505. The van der Waals surface area contributed by atoms with E-state index < -0.39 is 17.3 Å². The molecule has 10 heteroatoms. The number of carbonyl (C=O) groups is 1. The van der Waals surface area contributed by atoms with E-state index in [1.807, 2.05) is 0 Å². The molecule has 0 bridgehead atoms. The Labute approximate surface area is 177 Å². The highest BCUT2D eigenvalue weighted by atomic mass is 19.1. The largest absolute Gasteiger partial charge is 0.512 e. The van der Waals surface area contributed by atoms with Crippen LogP contribution >= 0.6 is 0 Å². The molecule has 2 heterocycles. The number of fused-ring (bicyclic) bond motifs is 1. The zero-order chi connectivity index (χ0) is 22.8. The Morgan fingerprint density at radius 2 is 2.10 bits per heavy atom. The van der Waals surface area contributed by atoms with E-state index in [9.17, 15) is 14.3 Å². The van der Waals surface area contributed by atoms with E-state index in [1.54, 1.807) is 20.8 Å². The van der Waals surface area contributed by atoms with E-state index in [-0.39, 0.29) is 40.7 Å². The zero-order valence-corrected chi connectivity index (χ0v) is 17.3. The Morgan fingerprint density at radius 1 is 1.35 bits per heavy atom. The van der Waals surface area contributed by atoms with Crippen molar-refractivity contribution in [3.63, 3.8) is 0 Å². The zero-order valence-electron chi connectivity index (χ0n) is 17.3. The van der Waals surface area contributed by atoms with Gasteiger partial charge in [-0.1, -0.05) is 20.8 Å². The third-order valence-electron chi connectivity index (χ3n) is 4.40. The molecule has 162 valence electrons. The topological polar surface area (TPSA) is 139 Å². The number of hydrogen-bond acceptors (Lipinski definition) is 7. The maximum atomic E-state index is 15.0. The van der Waals surface area contributed by atoms with Crippen molar-refractivity contribution < 1.29 is 19.0 Å². The number of ether oxygens (including phenoxy) is 1. The van der Waals surface area contributed by atoms with Gasteiger partial charge in [0.15, 0.2) is 11.6 Å². The second-order valence-corrected chi connectivity index (χ2v) is 7.77. The summed E-state index contributed by atoms with van der Waals surface area (Å²) >= 11 is 0. The number of rotatable bonds is 4. The average Bonchev–Trinajstić information content (AvgIpc) is 3.14. The maximum Gasteiger partial charge on any atom is 0.331 e. The average molecular weight is 426 g/mol. The quantitative estimate of drug-likeness (QED) is 0.284. The number of aliphatic hydroxyl groups is 1. The summed E-state index contributed by atoms with van der Waals surface area (Å²) < 4.78 is 21.6. The molecule has 0 aliphatic rings. The van der Waals surface area contributed by atoms with E-state index in [2.05, 4.69) is 15.3 Å². The number of nitrogens with one attached hydrogen (secondary N) is 2. The third-order valence-corrected chi connectivity index (χ3v) is 4.40. The molecule has 1 aromatic carbocycles. The van der Waals surface area contributed by atoms with Crippen LogP contribution in [-0.4, -0.2) is 31.5 Å². The first-order valence-electron chi connectivity index (χ1n) is 9.39. The van der Waals surface area contributed by atoms with E-state index in [4.69, 9.17) is 15.9 Å². The smallest absolute Gasteiger partial charge is 0.331 e. The van der Waals surface area contributed by atoms with Gasteiger partial charge >= 0.3 is 6.03 Å². The van der Waals surface area contributed by atoms with Crippen LogP contribution in [0.25, 0.3) is 10.9 Å². The molecule has 31 heavy (non-hydrogen) atoms. The predicted molar refractivity (Wildman–Crippen MR) is 114 cm³/mol. The minimum Gasteiger partial charge on any atom is -0.512 e. The van der Waals surface area contributed by atoms with E-state index in [1.165, 1.54) is 36.8 Å². The number of benzene rings is 1. The highest BCUT2D eigenvalue weighted by Gasteiger charge is 2.19. The summed E-state index contributed by atoms with van der Waals surface area (Å²) in [6, 6.07) is 5.16. The number of allylic oxidation sites excluding steroid dienone is 1. The van der Waals surface area contributed by atoms with E-state index in [0.29, 0.717) is 5.69 Å². The standard InChI is InChI=1S/C21H23FN6O3/c1-21(2,3)16(29)9-17(24)27-20(30)28-7-6-13-14(28)4-5-15(19(13)22)31-18-8-12(10-23)25-11-26-18/h4-9,11,29H,10,23H2,1-3H3,(H2,24,27,30)/b16-9-. The molecule has 0 spiro atoms. The van der Waals surface area contributed by atoms with E-state index >= 15 is 0 Å². The van der Waals surface area contributed by atoms with Gasteiger partial charge in [0.1, 0.15) is 17.9 Å². The molecule has 3 rings (SSSR count). The van der Waals surface area contributed by atoms with Gasteiger partial charge in [-0.3, -0.25) is 15.3 Å². The molecule has 5 N–H and O–H groups in total. The lowest BCUT2D eigenvalue weighted by Gasteiger charge is -2.17. The number of aromatic nitrogens is 3. The van der Waals surface area contributed by atoms with Gasteiger partial charge in [0, 0.05) is 35.7 Å². The van der Waals surface area contributed by atoms with Gasteiger partial charge in [0.25, 0.3) is 0 Å². The van der Waals surface area contributed by atoms with Crippen molar-refractivity contribution in [1.29, 1.82) is 5.41 Å². The van der Waals surface area contributed by atoms with Crippen molar-refractivity contribution in [2.75, 3.05) is 0 Å². The normalized spacial score (nSPS) is 12.1. The third kappa shape index (κ3) is 4.86. The van der Waals surface area contributed by atoms with Gasteiger partial charge in [0.2, 0.25) is 5.88 Å².